The standard InChI is InChI=1S/C25H32N4O3S/c1-17(23(30)26-15-20-7-5-13-31-20)33-24-28-27-22(29(24)16-21-8-6-14-32-21)18-9-11-19(12-10-18)25(2,3)4/h6,8-12,14,17,20H,5,7,13,15-16H2,1-4H3,(H,26,30)/t17-,20-/m0/s1. The molecule has 3 aromatic rings. The molecular formula is C25H32N4O3S. The maximum Gasteiger partial charge on any atom is 0.233 e. The van der Waals surface area contributed by atoms with Gasteiger partial charge >= 0.3 is 0 Å². The molecule has 1 amide bonds. The zero-order valence-electron chi connectivity index (χ0n) is 19.7. The number of carbonyl (C=O) groups is 1. The Balaban J connectivity index is 1.53. The van der Waals surface area contributed by atoms with Crippen molar-refractivity contribution in [3.8, 4) is 11.4 Å². The predicted octanol–water partition coefficient (Wildman–Crippen LogP) is 4.66. The van der Waals surface area contributed by atoms with Gasteiger partial charge in [-0.15, -0.1) is 10.2 Å². The van der Waals surface area contributed by atoms with Crippen LogP contribution in [0.4, 0.5) is 0 Å². The second-order valence-electron chi connectivity index (χ2n) is 9.44. The minimum Gasteiger partial charge on any atom is -0.467 e. The molecule has 0 unspecified atom stereocenters. The summed E-state index contributed by atoms with van der Waals surface area (Å²) in [5.74, 6) is 1.53. The van der Waals surface area contributed by atoms with E-state index < -0.39 is 0 Å². The summed E-state index contributed by atoms with van der Waals surface area (Å²) in [4.78, 5) is 12.7. The maximum absolute atomic E-state index is 12.7. The van der Waals surface area contributed by atoms with Crippen LogP contribution in [0, 0.1) is 0 Å². The van der Waals surface area contributed by atoms with Crippen molar-refractivity contribution in [2.45, 2.75) is 69.0 Å². The smallest absolute Gasteiger partial charge is 0.233 e. The molecule has 0 aliphatic carbocycles. The van der Waals surface area contributed by atoms with Crippen LogP contribution in [-0.2, 0) is 21.5 Å². The van der Waals surface area contributed by atoms with Gasteiger partial charge in [0.2, 0.25) is 5.91 Å². The minimum atomic E-state index is -0.318. The van der Waals surface area contributed by atoms with Crippen LogP contribution in [0.1, 0.15) is 51.9 Å². The molecule has 1 aromatic carbocycles. The number of furan rings is 1. The van der Waals surface area contributed by atoms with Gasteiger partial charge in [0.15, 0.2) is 11.0 Å². The molecule has 1 fully saturated rings. The quantitative estimate of drug-likeness (QED) is 0.484. The van der Waals surface area contributed by atoms with Crippen LogP contribution >= 0.6 is 11.8 Å². The normalized spacial score (nSPS) is 17.3. The van der Waals surface area contributed by atoms with Crippen molar-refractivity contribution in [3.63, 3.8) is 0 Å². The van der Waals surface area contributed by atoms with E-state index in [1.54, 1.807) is 6.26 Å². The van der Waals surface area contributed by atoms with Crippen LogP contribution in [0.2, 0.25) is 0 Å². The molecule has 2 aromatic heterocycles. The van der Waals surface area contributed by atoms with E-state index in [2.05, 4.69) is 60.6 Å². The topological polar surface area (TPSA) is 82.2 Å². The lowest BCUT2D eigenvalue weighted by atomic mass is 9.87. The Kier molecular flexibility index (Phi) is 7.24. The van der Waals surface area contributed by atoms with E-state index in [0.717, 1.165) is 36.6 Å². The van der Waals surface area contributed by atoms with E-state index in [9.17, 15) is 4.79 Å². The van der Waals surface area contributed by atoms with Crippen LogP contribution in [-0.4, -0.2) is 45.2 Å². The lowest BCUT2D eigenvalue weighted by Gasteiger charge is -2.19. The van der Waals surface area contributed by atoms with E-state index in [0.29, 0.717) is 18.2 Å². The van der Waals surface area contributed by atoms with Crippen molar-refractivity contribution in [1.29, 1.82) is 0 Å². The Labute approximate surface area is 199 Å². The van der Waals surface area contributed by atoms with Gasteiger partial charge in [0.1, 0.15) is 5.76 Å². The SMILES string of the molecule is C[C@H](Sc1nnc(-c2ccc(C(C)(C)C)cc2)n1Cc1ccco1)C(=O)NC[C@@H]1CCCO1. The molecule has 33 heavy (non-hydrogen) atoms. The average molecular weight is 469 g/mol. The first-order valence-electron chi connectivity index (χ1n) is 11.4. The van der Waals surface area contributed by atoms with Gasteiger partial charge in [-0.1, -0.05) is 56.8 Å². The summed E-state index contributed by atoms with van der Waals surface area (Å²) in [6, 6.07) is 12.2. The Morgan fingerprint density at radius 2 is 2.03 bits per heavy atom. The molecule has 7 nitrogen and oxygen atoms in total. The molecule has 4 rings (SSSR count). The fourth-order valence-electron chi connectivity index (χ4n) is 3.78. The van der Waals surface area contributed by atoms with E-state index in [1.807, 2.05) is 23.6 Å². The molecule has 1 aliphatic rings. The second-order valence-corrected chi connectivity index (χ2v) is 10.7. The summed E-state index contributed by atoms with van der Waals surface area (Å²) >= 11 is 1.40. The lowest BCUT2D eigenvalue weighted by molar-refractivity contribution is -0.120. The van der Waals surface area contributed by atoms with Crippen molar-refractivity contribution in [1.82, 2.24) is 20.1 Å². The third-order valence-corrected chi connectivity index (χ3v) is 6.88. The van der Waals surface area contributed by atoms with Crippen LogP contribution < -0.4 is 5.32 Å². The number of nitrogens with one attached hydrogen (secondary N) is 1. The van der Waals surface area contributed by atoms with Gasteiger partial charge < -0.3 is 14.5 Å². The number of aromatic nitrogens is 3. The van der Waals surface area contributed by atoms with E-state index in [1.165, 1.54) is 17.3 Å². The largest absolute Gasteiger partial charge is 0.467 e. The van der Waals surface area contributed by atoms with E-state index in [-0.39, 0.29) is 22.7 Å². The molecule has 0 radical (unpaired) electrons. The molecule has 1 saturated heterocycles. The summed E-state index contributed by atoms with van der Waals surface area (Å²) < 4.78 is 13.2. The highest BCUT2D eigenvalue weighted by Crippen LogP contribution is 2.30. The zero-order valence-corrected chi connectivity index (χ0v) is 20.5. The average Bonchev–Trinajstić information content (AvgIpc) is 3.55. The second kappa shape index (κ2) is 10.1. The molecule has 1 aliphatic heterocycles. The molecule has 176 valence electrons. The number of hydrogen-bond acceptors (Lipinski definition) is 6. The first-order valence-corrected chi connectivity index (χ1v) is 12.3. The van der Waals surface area contributed by atoms with Crippen LogP contribution in [0.3, 0.4) is 0 Å². The predicted molar refractivity (Wildman–Crippen MR) is 129 cm³/mol. The van der Waals surface area contributed by atoms with Crippen LogP contribution in [0.5, 0.6) is 0 Å². The summed E-state index contributed by atoms with van der Waals surface area (Å²) in [7, 11) is 0. The van der Waals surface area contributed by atoms with Crippen molar-refractivity contribution >= 4 is 17.7 Å². The van der Waals surface area contributed by atoms with Gasteiger partial charge in [-0.25, -0.2) is 0 Å². The van der Waals surface area contributed by atoms with E-state index >= 15 is 0 Å². The highest BCUT2D eigenvalue weighted by Gasteiger charge is 2.23. The Morgan fingerprint density at radius 1 is 1.24 bits per heavy atom. The zero-order chi connectivity index (χ0) is 23.4. The molecule has 8 heteroatoms. The number of hydrogen-bond donors (Lipinski definition) is 1. The Hall–Kier alpha value is -2.58. The highest BCUT2D eigenvalue weighted by atomic mass is 32.2. The highest BCUT2D eigenvalue weighted by molar-refractivity contribution is 8.00. The number of thioether (sulfide) groups is 1. The van der Waals surface area contributed by atoms with Gasteiger partial charge in [0.05, 0.1) is 24.2 Å². The van der Waals surface area contributed by atoms with Crippen molar-refractivity contribution in [2.24, 2.45) is 0 Å². The summed E-state index contributed by atoms with van der Waals surface area (Å²) in [6.45, 7) is 10.3. The minimum absolute atomic E-state index is 0.0286. The summed E-state index contributed by atoms with van der Waals surface area (Å²) in [5.41, 5.74) is 2.31. The molecule has 0 spiro atoms. The number of rotatable bonds is 8. The molecule has 0 saturated carbocycles. The van der Waals surface area contributed by atoms with Gasteiger partial charge in [-0.2, -0.15) is 0 Å². The number of nitrogens with zero attached hydrogens (tertiary/aromatic N) is 3. The van der Waals surface area contributed by atoms with Gasteiger partial charge in [0, 0.05) is 18.7 Å². The molecule has 3 heterocycles. The third kappa shape index (κ3) is 5.86. The third-order valence-electron chi connectivity index (χ3n) is 5.80. The number of carbonyl (C=O) groups excluding carboxylic acids is 1. The van der Waals surface area contributed by atoms with Gasteiger partial charge in [-0.3, -0.25) is 9.36 Å². The number of benzene rings is 1. The van der Waals surface area contributed by atoms with Gasteiger partial charge in [0.25, 0.3) is 0 Å². The van der Waals surface area contributed by atoms with Gasteiger partial charge in [-0.05, 0) is 42.9 Å². The fraction of sp³-hybridized carbons (Fsp3) is 0.480. The fourth-order valence-corrected chi connectivity index (χ4v) is 4.66. The van der Waals surface area contributed by atoms with Crippen LogP contribution in [0.25, 0.3) is 11.4 Å². The molecule has 0 bridgehead atoms. The Morgan fingerprint density at radius 3 is 2.67 bits per heavy atom. The van der Waals surface area contributed by atoms with E-state index in [4.69, 9.17) is 9.15 Å². The molecule has 1 N–H and O–H groups in total. The molecular weight excluding hydrogens is 436 g/mol. The maximum atomic E-state index is 12.7. The number of amides is 1. The summed E-state index contributed by atoms with van der Waals surface area (Å²) in [5, 5.41) is 12.3. The monoisotopic (exact) mass is 468 g/mol. The molecule has 2 atom stereocenters. The first kappa shape index (κ1) is 23.6. The van der Waals surface area contributed by atoms with Crippen LogP contribution in [0.15, 0.2) is 52.2 Å². The van der Waals surface area contributed by atoms with Crippen molar-refractivity contribution < 1.29 is 13.9 Å². The number of ether oxygens (including phenoxy) is 1. The Bertz CT molecular complexity index is 1050. The first-order chi connectivity index (χ1) is 15.8. The summed E-state index contributed by atoms with van der Waals surface area (Å²) in [6.07, 6.45) is 3.83. The lowest BCUT2D eigenvalue weighted by Crippen LogP contribution is -2.36. The van der Waals surface area contributed by atoms with Crippen molar-refractivity contribution in [3.05, 3.63) is 54.0 Å². The van der Waals surface area contributed by atoms with Crippen molar-refractivity contribution in [2.75, 3.05) is 13.2 Å².